The van der Waals surface area contributed by atoms with Crippen LogP contribution in [0.4, 0.5) is 4.79 Å². The predicted molar refractivity (Wildman–Crippen MR) is 80.9 cm³/mol. The van der Waals surface area contributed by atoms with E-state index in [0.29, 0.717) is 6.42 Å². The molecule has 2 heterocycles. The minimum absolute atomic E-state index is 0.0205. The van der Waals surface area contributed by atoms with Gasteiger partial charge in [-0.3, -0.25) is 4.79 Å². The Labute approximate surface area is 126 Å². The average molecular weight is 294 g/mol. The lowest BCUT2D eigenvalue weighted by atomic mass is 9.99. The van der Waals surface area contributed by atoms with E-state index in [0.717, 1.165) is 25.8 Å². The van der Waals surface area contributed by atoms with Crippen molar-refractivity contribution in [3.8, 4) is 0 Å². The summed E-state index contributed by atoms with van der Waals surface area (Å²) < 4.78 is 5.26. The molecule has 2 aliphatic heterocycles. The van der Waals surface area contributed by atoms with Gasteiger partial charge in [0.2, 0.25) is 5.91 Å². The summed E-state index contributed by atoms with van der Waals surface area (Å²) in [5.41, 5.74) is 0.733. The number of hydrogen-bond donors (Lipinski definition) is 1. The Hall–Kier alpha value is -1.52. The van der Waals surface area contributed by atoms with Gasteiger partial charge in [-0.2, -0.15) is 0 Å². The van der Waals surface area contributed by atoms with E-state index in [1.165, 1.54) is 5.57 Å². The quantitative estimate of drug-likeness (QED) is 0.756. The summed E-state index contributed by atoms with van der Waals surface area (Å²) in [5.74, 6) is 0.0205. The first-order chi connectivity index (χ1) is 9.76. The van der Waals surface area contributed by atoms with E-state index < -0.39 is 17.7 Å². The standard InChI is InChI=1S/C16H26N2O3/c1-11-7-8-13(17-15(20)21-16(2,3)4)14(19)18-9-5-6-12(18)10-11/h10,12-13H,5-9H2,1-4H3,(H,17,20)/b11-10-/t12-,13+/m1/s1. The molecule has 118 valence electrons. The van der Waals surface area contributed by atoms with Crippen molar-refractivity contribution in [3.63, 3.8) is 0 Å². The van der Waals surface area contributed by atoms with E-state index in [9.17, 15) is 9.59 Å². The van der Waals surface area contributed by atoms with Crippen LogP contribution in [0.2, 0.25) is 0 Å². The van der Waals surface area contributed by atoms with Crippen LogP contribution in [-0.4, -0.2) is 41.1 Å². The molecule has 0 saturated carbocycles. The van der Waals surface area contributed by atoms with Crippen LogP contribution in [0.3, 0.4) is 0 Å². The normalized spacial score (nSPS) is 29.0. The summed E-state index contributed by atoms with van der Waals surface area (Å²) >= 11 is 0. The highest BCUT2D eigenvalue weighted by molar-refractivity contribution is 5.86. The molecule has 0 unspecified atom stereocenters. The van der Waals surface area contributed by atoms with Crippen molar-refractivity contribution < 1.29 is 14.3 Å². The molecular formula is C16H26N2O3. The van der Waals surface area contributed by atoms with Gasteiger partial charge in [-0.05, 0) is 53.4 Å². The second kappa shape index (κ2) is 6.08. The molecule has 0 aliphatic carbocycles. The number of nitrogens with one attached hydrogen (secondary N) is 1. The number of fused-ring (bicyclic) bond motifs is 1. The molecule has 0 radical (unpaired) electrons. The molecule has 5 heteroatoms. The third kappa shape index (κ3) is 4.22. The summed E-state index contributed by atoms with van der Waals surface area (Å²) in [6.45, 7) is 8.32. The zero-order valence-electron chi connectivity index (χ0n) is 13.4. The number of nitrogens with zero attached hydrogens (tertiary/aromatic N) is 1. The fraction of sp³-hybridized carbons (Fsp3) is 0.750. The van der Waals surface area contributed by atoms with Gasteiger partial charge in [-0.15, -0.1) is 0 Å². The van der Waals surface area contributed by atoms with Crippen LogP contribution in [0.5, 0.6) is 0 Å². The Morgan fingerprint density at radius 1 is 1.38 bits per heavy atom. The number of amides is 2. The topological polar surface area (TPSA) is 58.6 Å². The number of rotatable bonds is 1. The molecule has 21 heavy (non-hydrogen) atoms. The minimum atomic E-state index is -0.555. The maximum Gasteiger partial charge on any atom is 0.408 e. The van der Waals surface area contributed by atoms with Crippen molar-refractivity contribution >= 4 is 12.0 Å². The van der Waals surface area contributed by atoms with Crippen LogP contribution in [-0.2, 0) is 9.53 Å². The molecule has 0 aromatic carbocycles. The van der Waals surface area contributed by atoms with Gasteiger partial charge in [0.05, 0.1) is 6.04 Å². The van der Waals surface area contributed by atoms with E-state index in [1.54, 1.807) is 0 Å². The van der Waals surface area contributed by atoms with Gasteiger partial charge in [0.15, 0.2) is 0 Å². The number of carbonyl (C=O) groups excluding carboxylic acids is 2. The number of hydrogen-bond acceptors (Lipinski definition) is 3. The van der Waals surface area contributed by atoms with E-state index in [2.05, 4.69) is 18.3 Å². The lowest BCUT2D eigenvalue weighted by molar-refractivity contribution is -0.133. The highest BCUT2D eigenvalue weighted by Gasteiger charge is 2.34. The lowest BCUT2D eigenvalue weighted by Gasteiger charge is -2.31. The van der Waals surface area contributed by atoms with Crippen LogP contribution in [0.1, 0.15) is 53.4 Å². The zero-order valence-corrected chi connectivity index (χ0v) is 13.4. The van der Waals surface area contributed by atoms with Gasteiger partial charge in [-0.25, -0.2) is 4.79 Å². The van der Waals surface area contributed by atoms with Crippen molar-refractivity contribution in [1.82, 2.24) is 10.2 Å². The van der Waals surface area contributed by atoms with Crippen LogP contribution >= 0.6 is 0 Å². The molecule has 0 bridgehead atoms. The van der Waals surface area contributed by atoms with Crippen molar-refractivity contribution in [2.24, 2.45) is 0 Å². The highest BCUT2D eigenvalue weighted by Crippen LogP contribution is 2.25. The van der Waals surface area contributed by atoms with Gasteiger partial charge < -0.3 is 15.0 Å². The molecule has 2 atom stereocenters. The highest BCUT2D eigenvalue weighted by atomic mass is 16.6. The van der Waals surface area contributed by atoms with Crippen molar-refractivity contribution in [1.29, 1.82) is 0 Å². The Bertz CT molecular complexity index is 451. The molecule has 0 aromatic rings. The van der Waals surface area contributed by atoms with Gasteiger partial charge >= 0.3 is 6.09 Å². The summed E-state index contributed by atoms with van der Waals surface area (Å²) in [7, 11) is 0. The Balaban J connectivity index is 2.07. The molecule has 2 rings (SSSR count). The van der Waals surface area contributed by atoms with Gasteiger partial charge in [0.25, 0.3) is 0 Å². The van der Waals surface area contributed by atoms with Gasteiger partial charge in [0, 0.05) is 6.54 Å². The molecule has 0 aromatic heterocycles. The summed E-state index contributed by atoms with van der Waals surface area (Å²) in [4.78, 5) is 26.4. The first-order valence-electron chi connectivity index (χ1n) is 7.73. The first-order valence-corrected chi connectivity index (χ1v) is 7.73. The first kappa shape index (κ1) is 15.9. The van der Waals surface area contributed by atoms with Crippen LogP contribution in [0.15, 0.2) is 11.6 Å². The van der Waals surface area contributed by atoms with E-state index >= 15 is 0 Å². The molecule has 1 N–H and O–H groups in total. The van der Waals surface area contributed by atoms with Gasteiger partial charge in [0.1, 0.15) is 11.6 Å². The largest absolute Gasteiger partial charge is 0.444 e. The second-order valence-electron chi connectivity index (χ2n) is 6.99. The van der Waals surface area contributed by atoms with Crippen LogP contribution < -0.4 is 5.32 Å². The average Bonchev–Trinajstić information content (AvgIpc) is 2.77. The van der Waals surface area contributed by atoms with Gasteiger partial charge in [-0.1, -0.05) is 11.6 Å². The van der Waals surface area contributed by atoms with E-state index in [-0.39, 0.29) is 11.9 Å². The fourth-order valence-corrected chi connectivity index (χ4v) is 2.93. The van der Waals surface area contributed by atoms with E-state index in [4.69, 9.17) is 4.74 Å². The minimum Gasteiger partial charge on any atom is -0.444 e. The number of allylic oxidation sites excluding steroid dienone is 1. The molecule has 2 aliphatic rings. The monoisotopic (exact) mass is 294 g/mol. The maximum absolute atomic E-state index is 12.6. The second-order valence-corrected chi connectivity index (χ2v) is 6.99. The third-order valence-corrected chi connectivity index (χ3v) is 3.88. The summed E-state index contributed by atoms with van der Waals surface area (Å²) in [6, 6.07) is -0.287. The third-order valence-electron chi connectivity index (χ3n) is 3.88. The molecule has 5 nitrogen and oxygen atoms in total. The molecule has 1 saturated heterocycles. The predicted octanol–water partition coefficient (Wildman–Crippen LogP) is 2.61. The number of ether oxygens (including phenoxy) is 1. The Kier molecular flexibility index (Phi) is 4.59. The fourth-order valence-electron chi connectivity index (χ4n) is 2.93. The molecule has 1 fully saturated rings. The number of carbonyl (C=O) groups is 2. The van der Waals surface area contributed by atoms with Crippen molar-refractivity contribution in [2.45, 2.75) is 71.1 Å². The number of alkyl carbamates (subject to hydrolysis) is 1. The van der Waals surface area contributed by atoms with Crippen LogP contribution in [0.25, 0.3) is 0 Å². The Morgan fingerprint density at radius 2 is 2.10 bits per heavy atom. The smallest absolute Gasteiger partial charge is 0.408 e. The Morgan fingerprint density at radius 3 is 2.76 bits per heavy atom. The summed E-state index contributed by atoms with van der Waals surface area (Å²) in [5, 5.41) is 2.75. The van der Waals surface area contributed by atoms with Crippen LogP contribution in [0, 0.1) is 0 Å². The van der Waals surface area contributed by atoms with Crippen molar-refractivity contribution in [2.75, 3.05) is 6.54 Å². The zero-order chi connectivity index (χ0) is 15.6. The SMILES string of the molecule is C/C1=C/[C@H]2CCCN2C(=O)[C@@H](NC(=O)OC(C)(C)C)CC1. The molecular weight excluding hydrogens is 268 g/mol. The summed E-state index contributed by atoms with van der Waals surface area (Å²) in [6.07, 6.45) is 5.19. The van der Waals surface area contributed by atoms with E-state index in [1.807, 2.05) is 25.7 Å². The maximum atomic E-state index is 12.6. The molecule has 2 amide bonds. The molecule has 0 spiro atoms. The van der Waals surface area contributed by atoms with Crippen molar-refractivity contribution in [3.05, 3.63) is 11.6 Å². The lowest BCUT2D eigenvalue weighted by Crippen LogP contribution is -2.51.